The van der Waals surface area contributed by atoms with Gasteiger partial charge < -0.3 is 15.0 Å². The van der Waals surface area contributed by atoms with E-state index in [1.165, 1.54) is 6.92 Å². The van der Waals surface area contributed by atoms with Crippen molar-refractivity contribution in [3.05, 3.63) is 0 Å². The Morgan fingerprint density at radius 3 is 2.08 bits per heavy atom. The number of hydrogen-bond acceptors (Lipinski definition) is 5. The van der Waals surface area contributed by atoms with Crippen molar-refractivity contribution >= 4 is 10.4 Å². The molecule has 0 aromatic carbocycles. The molecule has 0 saturated carbocycles. The van der Waals surface area contributed by atoms with Gasteiger partial charge >= 0.3 is 0 Å². The standard InChI is InChI=1S/C3H9NO.C2H6O4S/c1-4-2-3-5;1-2-6-7(3,4)5/h4-5H,2-3H2,1H3;2H2,1H3,(H,3,4,5). The molecule has 0 aliphatic carbocycles. The monoisotopic (exact) mass is 201 g/mol. The third-order valence-electron chi connectivity index (χ3n) is 0.680. The van der Waals surface area contributed by atoms with Crippen LogP contribution in [0.3, 0.4) is 0 Å². The number of aliphatic hydroxyl groups is 1. The lowest BCUT2D eigenvalue weighted by Crippen LogP contribution is -2.80. The normalized spacial score (nSPS) is 10.3. The molecule has 0 atom stereocenters. The molecule has 0 aliphatic rings. The molecule has 0 spiro atoms. The van der Waals surface area contributed by atoms with Crippen molar-refractivity contribution in [2.45, 2.75) is 6.92 Å². The molecule has 0 aliphatic heterocycles. The van der Waals surface area contributed by atoms with E-state index in [9.17, 15) is 13.0 Å². The van der Waals surface area contributed by atoms with Gasteiger partial charge in [0, 0.05) is 0 Å². The Kier molecular flexibility index (Phi) is 10.6. The topological polar surface area (TPSA) is 103 Å². The summed E-state index contributed by atoms with van der Waals surface area (Å²) >= 11 is 0. The quantitative estimate of drug-likeness (QED) is 0.391. The molecule has 0 fully saturated rings. The SMILES string of the molecule is CCOS(=O)(=O)[O-].C[NH2+]CCO. The Bertz CT molecular complexity index is 165. The van der Waals surface area contributed by atoms with Crippen LogP contribution in [0.2, 0.25) is 0 Å². The van der Waals surface area contributed by atoms with Gasteiger partial charge in [-0.2, -0.15) is 0 Å². The number of hydrogen-bond donors (Lipinski definition) is 2. The summed E-state index contributed by atoms with van der Waals surface area (Å²) < 4.78 is 32.0. The summed E-state index contributed by atoms with van der Waals surface area (Å²) in [6.45, 7) is 2.44. The zero-order valence-corrected chi connectivity index (χ0v) is 8.00. The molecule has 0 saturated heterocycles. The molecule has 0 radical (unpaired) electrons. The smallest absolute Gasteiger partial charge is 0.217 e. The maximum atomic E-state index is 9.45. The van der Waals surface area contributed by atoms with Gasteiger partial charge in [0.15, 0.2) is 0 Å². The molecular weight excluding hydrogens is 186 g/mol. The average Bonchev–Trinajstić information content (AvgIpc) is 1.87. The van der Waals surface area contributed by atoms with Crippen molar-refractivity contribution < 1.29 is 27.6 Å². The minimum Gasteiger partial charge on any atom is -0.726 e. The maximum absolute atomic E-state index is 9.45. The highest BCUT2D eigenvalue weighted by atomic mass is 32.3. The van der Waals surface area contributed by atoms with Gasteiger partial charge in [0.25, 0.3) is 0 Å². The number of aliphatic hydroxyl groups excluding tert-OH is 1. The van der Waals surface area contributed by atoms with Crippen LogP contribution in [0.4, 0.5) is 0 Å². The van der Waals surface area contributed by atoms with Gasteiger partial charge in [0.2, 0.25) is 10.4 Å². The molecule has 0 bridgehead atoms. The molecule has 76 valence electrons. The van der Waals surface area contributed by atoms with Crippen molar-refractivity contribution in [3.8, 4) is 0 Å². The molecule has 0 amide bonds. The fourth-order valence-corrected chi connectivity index (χ4v) is 0.562. The van der Waals surface area contributed by atoms with Crippen molar-refractivity contribution in [2.75, 3.05) is 26.8 Å². The van der Waals surface area contributed by atoms with E-state index >= 15 is 0 Å². The van der Waals surface area contributed by atoms with Crippen LogP contribution in [0.1, 0.15) is 6.92 Å². The second-order valence-corrected chi connectivity index (χ2v) is 2.79. The van der Waals surface area contributed by atoms with Gasteiger partial charge in [-0.15, -0.1) is 0 Å². The minimum atomic E-state index is -4.42. The molecule has 6 nitrogen and oxygen atoms in total. The molecule has 0 unspecified atom stereocenters. The van der Waals surface area contributed by atoms with Crippen LogP contribution in [0.25, 0.3) is 0 Å². The van der Waals surface area contributed by atoms with E-state index in [1.807, 2.05) is 12.4 Å². The Morgan fingerprint density at radius 1 is 1.58 bits per heavy atom. The number of rotatable bonds is 4. The van der Waals surface area contributed by atoms with Gasteiger partial charge in [-0.05, 0) is 6.92 Å². The predicted molar refractivity (Wildman–Crippen MR) is 41.1 cm³/mol. The lowest BCUT2D eigenvalue weighted by atomic mass is 10.7. The lowest BCUT2D eigenvalue weighted by Gasteiger charge is -2.02. The Hall–Kier alpha value is -0.210. The van der Waals surface area contributed by atoms with Crippen LogP contribution in [0, 0.1) is 0 Å². The van der Waals surface area contributed by atoms with Crippen molar-refractivity contribution in [3.63, 3.8) is 0 Å². The first-order valence-corrected chi connectivity index (χ1v) is 4.80. The highest BCUT2D eigenvalue weighted by molar-refractivity contribution is 7.80. The Morgan fingerprint density at radius 2 is 2.08 bits per heavy atom. The molecule has 0 rings (SSSR count). The summed E-state index contributed by atoms with van der Waals surface area (Å²) in [6, 6.07) is 0. The van der Waals surface area contributed by atoms with Gasteiger partial charge in [0.05, 0.1) is 26.8 Å². The summed E-state index contributed by atoms with van der Waals surface area (Å²) in [5, 5.41) is 9.97. The van der Waals surface area contributed by atoms with E-state index in [-0.39, 0.29) is 13.2 Å². The molecular formula is C5H15NO5S. The third-order valence-corrected chi connectivity index (χ3v) is 1.20. The number of likely N-dealkylation sites (N-methyl/N-ethyl adjacent to an activating group) is 1. The van der Waals surface area contributed by atoms with E-state index in [1.54, 1.807) is 0 Å². The summed E-state index contributed by atoms with van der Waals surface area (Å²) in [7, 11) is -2.50. The minimum absolute atomic E-state index is 0.0914. The summed E-state index contributed by atoms with van der Waals surface area (Å²) in [4.78, 5) is 0. The highest BCUT2D eigenvalue weighted by Gasteiger charge is 1.85. The first-order valence-electron chi connectivity index (χ1n) is 3.46. The summed E-state index contributed by atoms with van der Waals surface area (Å²) in [5.74, 6) is 0. The van der Waals surface area contributed by atoms with Gasteiger partial charge in [0.1, 0.15) is 0 Å². The van der Waals surface area contributed by atoms with Crippen LogP contribution >= 0.6 is 0 Å². The third kappa shape index (κ3) is 22.6. The fraction of sp³-hybridized carbons (Fsp3) is 1.00. The molecule has 0 aromatic heterocycles. The second-order valence-electron chi connectivity index (χ2n) is 1.74. The molecule has 0 heterocycles. The van der Waals surface area contributed by atoms with Crippen molar-refractivity contribution in [2.24, 2.45) is 0 Å². The van der Waals surface area contributed by atoms with Crippen LogP contribution in [0.15, 0.2) is 0 Å². The largest absolute Gasteiger partial charge is 0.726 e. The van der Waals surface area contributed by atoms with Crippen LogP contribution in [0.5, 0.6) is 0 Å². The zero-order valence-electron chi connectivity index (χ0n) is 7.19. The molecule has 12 heavy (non-hydrogen) atoms. The molecule has 0 aromatic rings. The molecule has 7 heteroatoms. The van der Waals surface area contributed by atoms with Crippen molar-refractivity contribution in [1.82, 2.24) is 0 Å². The van der Waals surface area contributed by atoms with Crippen LogP contribution in [-0.4, -0.2) is 44.9 Å². The average molecular weight is 201 g/mol. The number of quaternary nitrogens is 1. The van der Waals surface area contributed by atoms with Gasteiger partial charge in [-0.1, -0.05) is 0 Å². The lowest BCUT2D eigenvalue weighted by molar-refractivity contribution is -0.628. The van der Waals surface area contributed by atoms with E-state index < -0.39 is 10.4 Å². The summed E-state index contributed by atoms with van der Waals surface area (Å²) in [5.41, 5.74) is 0. The first kappa shape index (κ1) is 14.3. The van der Waals surface area contributed by atoms with E-state index in [0.29, 0.717) is 0 Å². The molecule has 3 N–H and O–H groups in total. The number of nitrogens with two attached hydrogens (primary N) is 1. The van der Waals surface area contributed by atoms with E-state index in [4.69, 9.17) is 5.11 Å². The highest BCUT2D eigenvalue weighted by Crippen LogP contribution is 1.80. The van der Waals surface area contributed by atoms with Gasteiger partial charge in [-0.25, -0.2) is 8.42 Å². The predicted octanol–water partition coefficient (Wildman–Crippen LogP) is -2.34. The van der Waals surface area contributed by atoms with E-state index in [2.05, 4.69) is 4.18 Å². The van der Waals surface area contributed by atoms with Crippen LogP contribution < -0.4 is 5.32 Å². The van der Waals surface area contributed by atoms with Crippen molar-refractivity contribution in [1.29, 1.82) is 0 Å². The fourth-order valence-electron chi connectivity index (χ4n) is 0.273. The van der Waals surface area contributed by atoms with Crippen LogP contribution in [-0.2, 0) is 14.6 Å². The Balaban J connectivity index is 0. The second kappa shape index (κ2) is 8.88. The Labute approximate surface area is 72.5 Å². The first-order chi connectivity index (χ1) is 5.47. The summed E-state index contributed by atoms with van der Waals surface area (Å²) in [6.07, 6.45) is 0. The van der Waals surface area contributed by atoms with Gasteiger partial charge in [-0.3, -0.25) is 4.18 Å². The van der Waals surface area contributed by atoms with E-state index in [0.717, 1.165) is 6.54 Å². The maximum Gasteiger partial charge on any atom is 0.217 e. The zero-order chi connectivity index (χ0) is 10.0.